The Morgan fingerprint density at radius 1 is 1.37 bits per heavy atom. The van der Waals surface area contributed by atoms with Gasteiger partial charge >= 0.3 is 0 Å². The number of thiophene rings is 1. The lowest BCUT2D eigenvalue weighted by molar-refractivity contribution is 0.103. The number of aryl methyl sites for hydroxylation is 1. The lowest BCUT2D eigenvalue weighted by atomic mass is 10.2. The molecule has 0 saturated heterocycles. The topological polar surface area (TPSA) is 57.8 Å². The van der Waals surface area contributed by atoms with E-state index in [0.717, 1.165) is 26.3 Å². The molecule has 6 heteroatoms. The number of rotatable bonds is 2. The molecule has 0 aliphatic rings. The molecule has 19 heavy (non-hydrogen) atoms. The van der Waals surface area contributed by atoms with Crippen molar-refractivity contribution in [2.24, 2.45) is 0 Å². The third-order valence-corrected chi connectivity index (χ3v) is 4.28. The molecule has 0 aliphatic carbocycles. The van der Waals surface area contributed by atoms with E-state index in [0.29, 0.717) is 4.88 Å². The molecule has 3 aromatic rings. The summed E-state index contributed by atoms with van der Waals surface area (Å²) in [6.07, 6.45) is 0. The summed E-state index contributed by atoms with van der Waals surface area (Å²) in [5.41, 5.74) is 2.57. The molecule has 2 N–H and O–H groups in total. The normalized spacial score (nSPS) is 10.8. The first-order chi connectivity index (χ1) is 9.11. The van der Waals surface area contributed by atoms with Gasteiger partial charge in [0.2, 0.25) is 0 Å². The van der Waals surface area contributed by atoms with Crippen LogP contribution in [-0.4, -0.2) is 15.9 Å². The lowest BCUT2D eigenvalue weighted by Crippen LogP contribution is -2.09. The number of carbonyl (C=O) groups is 1. The van der Waals surface area contributed by atoms with Crippen LogP contribution < -0.4 is 5.32 Å². The largest absolute Gasteiger partial charge is 0.342 e. The van der Waals surface area contributed by atoms with Gasteiger partial charge in [0.15, 0.2) is 0 Å². The zero-order valence-corrected chi connectivity index (χ0v) is 12.4. The Morgan fingerprint density at radius 2 is 2.21 bits per heavy atom. The zero-order valence-electron chi connectivity index (χ0n) is 10.0. The molecule has 0 fully saturated rings. The third-order valence-electron chi connectivity index (χ3n) is 2.66. The molecule has 1 amide bonds. The van der Waals surface area contributed by atoms with E-state index in [-0.39, 0.29) is 5.91 Å². The minimum absolute atomic E-state index is 0.105. The monoisotopic (exact) mass is 335 g/mol. The van der Waals surface area contributed by atoms with Gasteiger partial charge in [-0.15, -0.1) is 11.3 Å². The third kappa shape index (κ3) is 2.54. The number of hydrogen-bond acceptors (Lipinski definition) is 3. The maximum Gasteiger partial charge on any atom is 0.265 e. The van der Waals surface area contributed by atoms with Gasteiger partial charge in [0.25, 0.3) is 5.91 Å². The number of aromatic nitrogens is 2. The van der Waals surface area contributed by atoms with Gasteiger partial charge in [0.1, 0.15) is 5.82 Å². The van der Waals surface area contributed by atoms with Gasteiger partial charge in [-0.1, -0.05) is 0 Å². The summed E-state index contributed by atoms with van der Waals surface area (Å²) in [7, 11) is 0. The average Bonchev–Trinajstić information content (AvgIpc) is 2.93. The van der Waals surface area contributed by atoms with Gasteiger partial charge in [-0.25, -0.2) is 4.98 Å². The summed E-state index contributed by atoms with van der Waals surface area (Å²) >= 11 is 4.75. The summed E-state index contributed by atoms with van der Waals surface area (Å²) in [6, 6.07) is 9.28. The highest BCUT2D eigenvalue weighted by atomic mass is 79.9. The maximum atomic E-state index is 12.0. The van der Waals surface area contributed by atoms with Crippen molar-refractivity contribution in [3.8, 4) is 0 Å². The SMILES string of the molecule is Cc1nc2ccc(NC(=O)c3ccc(Br)s3)cc2[nH]1. The van der Waals surface area contributed by atoms with Gasteiger partial charge < -0.3 is 10.3 Å². The maximum absolute atomic E-state index is 12.0. The van der Waals surface area contributed by atoms with E-state index in [1.165, 1.54) is 11.3 Å². The van der Waals surface area contributed by atoms with E-state index in [2.05, 4.69) is 31.2 Å². The number of imidazole rings is 1. The van der Waals surface area contributed by atoms with Crippen LogP contribution in [0, 0.1) is 6.92 Å². The van der Waals surface area contributed by atoms with Crippen LogP contribution in [0.5, 0.6) is 0 Å². The smallest absolute Gasteiger partial charge is 0.265 e. The van der Waals surface area contributed by atoms with E-state index < -0.39 is 0 Å². The number of halogens is 1. The van der Waals surface area contributed by atoms with Crippen molar-refractivity contribution >= 4 is 49.9 Å². The Morgan fingerprint density at radius 3 is 2.95 bits per heavy atom. The molecule has 0 aliphatic heterocycles. The van der Waals surface area contributed by atoms with Crippen molar-refractivity contribution in [2.45, 2.75) is 6.92 Å². The summed E-state index contributed by atoms with van der Waals surface area (Å²) < 4.78 is 0.942. The molecule has 4 nitrogen and oxygen atoms in total. The van der Waals surface area contributed by atoms with Gasteiger partial charge in [0, 0.05) is 5.69 Å². The first-order valence-electron chi connectivity index (χ1n) is 5.65. The Hall–Kier alpha value is -1.66. The summed E-state index contributed by atoms with van der Waals surface area (Å²) in [6.45, 7) is 1.90. The quantitative estimate of drug-likeness (QED) is 0.744. The zero-order chi connectivity index (χ0) is 13.4. The molecule has 3 rings (SSSR count). The lowest BCUT2D eigenvalue weighted by Gasteiger charge is -2.03. The molecule has 0 radical (unpaired) electrons. The number of nitrogens with one attached hydrogen (secondary N) is 2. The van der Waals surface area contributed by atoms with Gasteiger partial charge in [-0.2, -0.15) is 0 Å². The minimum Gasteiger partial charge on any atom is -0.342 e. The molecule has 96 valence electrons. The van der Waals surface area contributed by atoms with Crippen molar-refractivity contribution in [2.75, 3.05) is 5.32 Å². The molecule has 0 unspecified atom stereocenters. The molecular formula is C13H10BrN3OS. The van der Waals surface area contributed by atoms with E-state index >= 15 is 0 Å². The molecule has 2 aromatic heterocycles. The molecule has 2 heterocycles. The standard InChI is InChI=1S/C13H10BrN3OS/c1-7-15-9-3-2-8(6-10(9)16-7)17-13(18)11-4-5-12(14)19-11/h2-6H,1H3,(H,15,16)(H,17,18). The summed E-state index contributed by atoms with van der Waals surface area (Å²) in [5.74, 6) is 0.756. The number of carbonyl (C=O) groups excluding carboxylic acids is 1. The van der Waals surface area contributed by atoms with Gasteiger partial charge in [-0.05, 0) is 53.2 Å². The number of hydrogen-bond donors (Lipinski definition) is 2. The highest BCUT2D eigenvalue weighted by Gasteiger charge is 2.09. The first kappa shape index (κ1) is 12.4. The minimum atomic E-state index is -0.105. The Bertz CT molecular complexity index is 762. The second kappa shape index (κ2) is 4.79. The second-order valence-electron chi connectivity index (χ2n) is 4.11. The van der Waals surface area contributed by atoms with E-state index in [9.17, 15) is 4.79 Å². The highest BCUT2D eigenvalue weighted by molar-refractivity contribution is 9.11. The molecule has 0 bridgehead atoms. The molecule has 1 aromatic carbocycles. The number of H-pyrrole nitrogens is 1. The Labute approximate surface area is 122 Å². The average molecular weight is 336 g/mol. The Kier molecular flexibility index (Phi) is 3.12. The van der Waals surface area contributed by atoms with Crippen molar-refractivity contribution in [1.29, 1.82) is 0 Å². The number of aromatic amines is 1. The van der Waals surface area contributed by atoms with Crippen LogP contribution in [0.25, 0.3) is 11.0 Å². The second-order valence-corrected chi connectivity index (χ2v) is 6.58. The number of benzene rings is 1. The van der Waals surface area contributed by atoms with Crippen LogP contribution in [0.2, 0.25) is 0 Å². The number of amides is 1. The van der Waals surface area contributed by atoms with Crippen LogP contribution in [0.15, 0.2) is 34.1 Å². The Balaban J connectivity index is 1.86. The van der Waals surface area contributed by atoms with Crippen LogP contribution in [0.4, 0.5) is 5.69 Å². The highest BCUT2D eigenvalue weighted by Crippen LogP contribution is 2.23. The van der Waals surface area contributed by atoms with Crippen LogP contribution >= 0.6 is 27.3 Å². The van der Waals surface area contributed by atoms with Crippen molar-refractivity contribution in [3.63, 3.8) is 0 Å². The molecule has 0 atom stereocenters. The predicted octanol–water partition coefficient (Wildman–Crippen LogP) is 3.95. The molecule has 0 spiro atoms. The predicted molar refractivity (Wildman–Crippen MR) is 80.8 cm³/mol. The fourth-order valence-electron chi connectivity index (χ4n) is 1.84. The fraction of sp³-hybridized carbons (Fsp3) is 0.0769. The fourth-order valence-corrected chi connectivity index (χ4v) is 3.13. The number of nitrogens with zero attached hydrogens (tertiary/aromatic N) is 1. The van der Waals surface area contributed by atoms with E-state index in [1.54, 1.807) is 6.07 Å². The van der Waals surface area contributed by atoms with Crippen molar-refractivity contribution in [1.82, 2.24) is 9.97 Å². The van der Waals surface area contributed by atoms with Crippen molar-refractivity contribution < 1.29 is 4.79 Å². The number of anilines is 1. The first-order valence-corrected chi connectivity index (χ1v) is 7.26. The van der Waals surface area contributed by atoms with Crippen LogP contribution in [0.1, 0.15) is 15.5 Å². The van der Waals surface area contributed by atoms with Crippen molar-refractivity contribution in [3.05, 3.63) is 44.8 Å². The molecule has 0 saturated carbocycles. The van der Waals surface area contributed by atoms with Crippen LogP contribution in [-0.2, 0) is 0 Å². The molecular weight excluding hydrogens is 326 g/mol. The van der Waals surface area contributed by atoms with E-state index in [4.69, 9.17) is 0 Å². The van der Waals surface area contributed by atoms with Gasteiger partial charge in [0.05, 0.1) is 19.7 Å². The summed E-state index contributed by atoms with van der Waals surface area (Å²) in [5, 5.41) is 2.88. The number of fused-ring (bicyclic) bond motifs is 1. The summed E-state index contributed by atoms with van der Waals surface area (Å²) in [4.78, 5) is 20.2. The van der Waals surface area contributed by atoms with Gasteiger partial charge in [-0.3, -0.25) is 4.79 Å². The van der Waals surface area contributed by atoms with E-state index in [1.807, 2.05) is 31.2 Å². The van der Waals surface area contributed by atoms with Crippen LogP contribution in [0.3, 0.4) is 0 Å².